The maximum Gasteiger partial charge on any atom is 0.303 e. The fourth-order valence-electron chi connectivity index (χ4n) is 3.50. The average Bonchev–Trinajstić information content (AvgIpc) is 2.69. The number of fused-ring (bicyclic) bond motifs is 1. The molecule has 28 heavy (non-hydrogen) atoms. The number of methoxy groups -OCH3 is 2. The lowest BCUT2D eigenvalue weighted by Crippen LogP contribution is -2.42. The third-order valence-corrected chi connectivity index (χ3v) is 4.99. The molecular weight excluding hydrogens is 382 g/mol. The van der Waals surface area contributed by atoms with Crippen LogP contribution in [0.4, 0.5) is 0 Å². The van der Waals surface area contributed by atoms with Crippen molar-refractivity contribution < 1.29 is 23.8 Å². The summed E-state index contributed by atoms with van der Waals surface area (Å²) in [7, 11) is 3.17. The summed E-state index contributed by atoms with van der Waals surface area (Å²) < 4.78 is 15.8. The van der Waals surface area contributed by atoms with E-state index in [9.17, 15) is 9.59 Å². The molecule has 0 saturated carbocycles. The van der Waals surface area contributed by atoms with E-state index in [1.165, 1.54) is 6.92 Å². The summed E-state index contributed by atoms with van der Waals surface area (Å²) in [5.41, 5.74) is 2.87. The van der Waals surface area contributed by atoms with Gasteiger partial charge in [0.1, 0.15) is 0 Å². The van der Waals surface area contributed by atoms with Crippen LogP contribution in [-0.2, 0) is 20.7 Å². The van der Waals surface area contributed by atoms with E-state index < -0.39 is 5.97 Å². The maximum atomic E-state index is 12.8. The normalized spacial score (nSPS) is 15.6. The number of carbonyl (C=O) groups excluding carboxylic acids is 2. The van der Waals surface area contributed by atoms with Crippen LogP contribution in [0.3, 0.4) is 0 Å². The number of amides is 1. The Labute approximate surface area is 168 Å². The highest BCUT2D eigenvalue weighted by Gasteiger charge is 2.33. The third kappa shape index (κ3) is 4.07. The van der Waals surface area contributed by atoms with Gasteiger partial charge in [0.2, 0.25) is 0 Å². The fourth-order valence-corrected chi connectivity index (χ4v) is 3.70. The number of halogens is 1. The molecule has 0 N–H and O–H groups in total. The van der Waals surface area contributed by atoms with Gasteiger partial charge in [0, 0.05) is 18.5 Å². The topological polar surface area (TPSA) is 65.1 Å². The summed E-state index contributed by atoms with van der Waals surface area (Å²) in [4.78, 5) is 25.7. The van der Waals surface area contributed by atoms with Crippen LogP contribution in [0.15, 0.2) is 36.4 Å². The maximum absolute atomic E-state index is 12.8. The van der Waals surface area contributed by atoms with Crippen molar-refractivity contribution in [2.75, 3.05) is 27.4 Å². The highest BCUT2D eigenvalue weighted by atomic mass is 35.5. The van der Waals surface area contributed by atoms with E-state index in [-0.39, 0.29) is 18.6 Å². The first kappa shape index (κ1) is 20.0. The Bertz CT molecular complexity index is 898. The fraction of sp³-hybridized carbons (Fsp3) is 0.333. The molecule has 0 saturated heterocycles. The van der Waals surface area contributed by atoms with Crippen molar-refractivity contribution in [2.45, 2.75) is 19.4 Å². The van der Waals surface area contributed by atoms with Gasteiger partial charge in [-0.25, -0.2) is 0 Å². The number of ether oxygens (including phenoxy) is 3. The van der Waals surface area contributed by atoms with E-state index >= 15 is 0 Å². The quantitative estimate of drug-likeness (QED) is 0.716. The van der Waals surface area contributed by atoms with Crippen LogP contribution >= 0.6 is 11.6 Å². The molecule has 0 aromatic heterocycles. The van der Waals surface area contributed by atoms with Crippen LogP contribution in [0.2, 0.25) is 5.02 Å². The number of carbonyl (C=O) groups is 2. The van der Waals surface area contributed by atoms with Gasteiger partial charge < -0.3 is 19.1 Å². The van der Waals surface area contributed by atoms with Crippen molar-refractivity contribution in [1.29, 1.82) is 0 Å². The van der Waals surface area contributed by atoms with Gasteiger partial charge in [-0.15, -0.1) is 0 Å². The van der Waals surface area contributed by atoms with Crippen LogP contribution < -0.4 is 9.47 Å². The smallest absolute Gasteiger partial charge is 0.303 e. The van der Waals surface area contributed by atoms with Crippen molar-refractivity contribution in [1.82, 2.24) is 4.90 Å². The molecular formula is C21H22ClNO5. The SMILES string of the molecule is COc1cc2c(cc1OC)C(c1cccc(Cl)c1)N(C(=O)COC(C)=O)CC2. The van der Waals surface area contributed by atoms with Crippen molar-refractivity contribution >= 4 is 23.5 Å². The van der Waals surface area contributed by atoms with E-state index in [0.29, 0.717) is 29.5 Å². The minimum atomic E-state index is -0.489. The minimum absolute atomic E-state index is 0.263. The average molecular weight is 404 g/mol. The van der Waals surface area contributed by atoms with E-state index in [4.69, 9.17) is 25.8 Å². The monoisotopic (exact) mass is 403 g/mol. The molecule has 2 aromatic carbocycles. The van der Waals surface area contributed by atoms with Crippen LogP contribution in [-0.4, -0.2) is 44.1 Å². The molecule has 0 aliphatic carbocycles. The van der Waals surface area contributed by atoms with Crippen molar-refractivity contribution in [3.05, 3.63) is 58.1 Å². The number of hydrogen-bond acceptors (Lipinski definition) is 5. The molecule has 148 valence electrons. The molecule has 6 nitrogen and oxygen atoms in total. The summed E-state index contributed by atoms with van der Waals surface area (Å²) in [5.74, 6) is 0.477. The molecule has 3 rings (SSSR count). The molecule has 1 unspecified atom stereocenters. The first-order valence-corrected chi connectivity index (χ1v) is 9.25. The summed E-state index contributed by atoms with van der Waals surface area (Å²) in [6, 6.07) is 10.9. The Morgan fingerprint density at radius 1 is 1.14 bits per heavy atom. The molecule has 1 amide bonds. The van der Waals surface area contributed by atoms with Gasteiger partial charge in [-0.3, -0.25) is 9.59 Å². The van der Waals surface area contributed by atoms with E-state index in [0.717, 1.165) is 16.7 Å². The lowest BCUT2D eigenvalue weighted by atomic mass is 9.87. The highest BCUT2D eigenvalue weighted by Crippen LogP contribution is 2.41. The van der Waals surface area contributed by atoms with Gasteiger partial charge >= 0.3 is 5.97 Å². The molecule has 0 fully saturated rings. The Hall–Kier alpha value is -2.73. The van der Waals surface area contributed by atoms with Crippen LogP contribution in [0, 0.1) is 0 Å². The van der Waals surface area contributed by atoms with E-state index in [2.05, 4.69) is 0 Å². The Morgan fingerprint density at radius 3 is 2.50 bits per heavy atom. The molecule has 1 aliphatic heterocycles. The lowest BCUT2D eigenvalue weighted by Gasteiger charge is -2.38. The number of esters is 1. The highest BCUT2D eigenvalue weighted by molar-refractivity contribution is 6.30. The molecule has 1 atom stereocenters. The first-order valence-electron chi connectivity index (χ1n) is 8.87. The van der Waals surface area contributed by atoms with E-state index in [1.54, 1.807) is 25.2 Å². The minimum Gasteiger partial charge on any atom is -0.493 e. The van der Waals surface area contributed by atoms with Crippen LogP contribution in [0.5, 0.6) is 11.5 Å². The van der Waals surface area contributed by atoms with Gasteiger partial charge in [0.05, 0.1) is 20.3 Å². The zero-order valence-electron chi connectivity index (χ0n) is 16.0. The predicted octanol–water partition coefficient (Wildman–Crippen LogP) is 3.39. The second-order valence-electron chi connectivity index (χ2n) is 6.48. The molecule has 7 heteroatoms. The van der Waals surface area contributed by atoms with Crippen LogP contribution in [0.25, 0.3) is 0 Å². The largest absolute Gasteiger partial charge is 0.493 e. The first-order chi connectivity index (χ1) is 13.4. The van der Waals surface area contributed by atoms with Gasteiger partial charge in [0.15, 0.2) is 18.1 Å². The number of rotatable bonds is 5. The standard InChI is InChI=1S/C21H22ClNO5/c1-13(24)28-12-20(25)23-8-7-14-10-18(26-2)19(27-3)11-17(14)21(23)15-5-4-6-16(22)9-15/h4-6,9-11,21H,7-8,12H2,1-3H3. The van der Waals surface area contributed by atoms with Gasteiger partial charge in [-0.1, -0.05) is 23.7 Å². The summed E-state index contributed by atoms with van der Waals surface area (Å²) in [6.07, 6.45) is 0.651. The lowest BCUT2D eigenvalue weighted by molar-refractivity contribution is -0.151. The predicted molar refractivity (Wildman–Crippen MR) is 105 cm³/mol. The number of nitrogens with zero attached hydrogens (tertiary/aromatic N) is 1. The second-order valence-corrected chi connectivity index (χ2v) is 6.92. The Kier molecular flexibility index (Phi) is 6.09. The summed E-state index contributed by atoms with van der Waals surface area (Å²) >= 11 is 6.21. The third-order valence-electron chi connectivity index (χ3n) is 4.76. The zero-order valence-corrected chi connectivity index (χ0v) is 16.8. The zero-order chi connectivity index (χ0) is 20.3. The number of benzene rings is 2. The van der Waals surface area contributed by atoms with Crippen molar-refractivity contribution in [3.8, 4) is 11.5 Å². The summed E-state index contributed by atoms with van der Waals surface area (Å²) in [5, 5.41) is 0.581. The van der Waals surface area contributed by atoms with Gasteiger partial charge in [0.25, 0.3) is 5.91 Å². The Balaban J connectivity index is 2.08. The van der Waals surface area contributed by atoms with Gasteiger partial charge in [-0.05, 0) is 47.4 Å². The molecule has 0 radical (unpaired) electrons. The summed E-state index contributed by atoms with van der Waals surface area (Å²) in [6.45, 7) is 1.47. The second kappa shape index (κ2) is 8.52. The van der Waals surface area contributed by atoms with Crippen molar-refractivity contribution in [3.63, 3.8) is 0 Å². The Morgan fingerprint density at radius 2 is 1.86 bits per heavy atom. The molecule has 1 heterocycles. The molecule has 2 aromatic rings. The molecule has 1 aliphatic rings. The van der Waals surface area contributed by atoms with E-state index in [1.807, 2.05) is 30.3 Å². The number of hydrogen-bond donors (Lipinski definition) is 0. The van der Waals surface area contributed by atoms with Gasteiger partial charge in [-0.2, -0.15) is 0 Å². The van der Waals surface area contributed by atoms with Crippen molar-refractivity contribution in [2.24, 2.45) is 0 Å². The van der Waals surface area contributed by atoms with Crippen LogP contribution in [0.1, 0.15) is 29.7 Å². The molecule has 0 spiro atoms. The molecule has 0 bridgehead atoms.